The maximum Gasteiger partial charge on any atom is 0.358 e. The zero-order valence-electron chi connectivity index (χ0n) is 7.78. The van der Waals surface area contributed by atoms with Crippen LogP contribution in [0, 0.1) is 0 Å². The smallest absolute Gasteiger partial charge is 0.358 e. The van der Waals surface area contributed by atoms with E-state index in [-0.39, 0.29) is 0 Å². The highest BCUT2D eigenvalue weighted by Gasteiger charge is 2.12. The van der Waals surface area contributed by atoms with E-state index in [0.717, 1.165) is 0 Å². The van der Waals surface area contributed by atoms with Gasteiger partial charge in [-0.25, -0.2) is 9.78 Å². The number of carbonyl (C=O) groups is 1. The summed E-state index contributed by atoms with van der Waals surface area (Å²) in [5.41, 5.74) is 1.01. The molecule has 70 valence electrons. The van der Waals surface area contributed by atoms with Gasteiger partial charge in [-0.1, -0.05) is 6.92 Å². The van der Waals surface area contributed by atoms with Gasteiger partial charge in [-0.05, 0) is 13.3 Å². The first-order chi connectivity index (χ1) is 6.29. The Morgan fingerprint density at radius 1 is 1.38 bits per heavy atom. The van der Waals surface area contributed by atoms with Crippen LogP contribution in [-0.4, -0.2) is 22.5 Å². The summed E-state index contributed by atoms with van der Waals surface area (Å²) in [6, 6.07) is 0. The van der Waals surface area contributed by atoms with Crippen molar-refractivity contribution in [2.24, 2.45) is 0 Å². The van der Waals surface area contributed by atoms with Crippen molar-refractivity contribution in [2.45, 2.75) is 20.3 Å². The van der Waals surface area contributed by atoms with E-state index >= 15 is 0 Å². The highest BCUT2D eigenvalue weighted by atomic mass is 16.5. The van der Waals surface area contributed by atoms with E-state index in [4.69, 9.17) is 4.74 Å². The van der Waals surface area contributed by atoms with E-state index in [2.05, 4.69) is 9.97 Å². The number of nitrogens with zero attached hydrogens (tertiary/aromatic N) is 2. The Morgan fingerprint density at radius 2 is 2.08 bits per heavy atom. The largest absolute Gasteiger partial charge is 0.461 e. The first kappa shape index (κ1) is 9.64. The molecule has 0 spiro atoms. The minimum Gasteiger partial charge on any atom is -0.461 e. The van der Waals surface area contributed by atoms with E-state index < -0.39 is 5.97 Å². The van der Waals surface area contributed by atoms with Gasteiger partial charge in [0.15, 0.2) is 5.69 Å². The van der Waals surface area contributed by atoms with E-state index in [1.54, 1.807) is 13.1 Å². The lowest BCUT2D eigenvalue weighted by Gasteiger charge is -2.03. The highest BCUT2D eigenvalue weighted by Crippen LogP contribution is 2.03. The number of aryl methyl sites for hydroxylation is 1. The molecule has 4 heteroatoms. The fourth-order valence-electron chi connectivity index (χ4n) is 0.996. The molecule has 0 N–H and O–H groups in total. The Bertz CT molecular complexity index is 299. The molecule has 0 atom stereocenters. The highest BCUT2D eigenvalue weighted by molar-refractivity contribution is 5.88. The molecule has 13 heavy (non-hydrogen) atoms. The van der Waals surface area contributed by atoms with E-state index in [1.807, 2.05) is 6.92 Å². The van der Waals surface area contributed by atoms with Crippen LogP contribution in [0.1, 0.15) is 30.0 Å². The zero-order chi connectivity index (χ0) is 9.68. The average Bonchev–Trinajstić information content (AvgIpc) is 2.18. The molecule has 1 aromatic rings. The lowest BCUT2D eigenvalue weighted by molar-refractivity contribution is 0.0517. The number of carbonyl (C=O) groups excluding carboxylic acids is 1. The Kier molecular flexibility index (Phi) is 3.37. The first-order valence-corrected chi connectivity index (χ1v) is 4.26. The third-order valence-electron chi connectivity index (χ3n) is 1.58. The topological polar surface area (TPSA) is 52.1 Å². The van der Waals surface area contributed by atoms with Crippen LogP contribution in [0.4, 0.5) is 0 Å². The Hall–Kier alpha value is -1.45. The molecule has 0 fully saturated rings. The molecule has 4 nitrogen and oxygen atoms in total. The molecule has 0 radical (unpaired) electrons. The number of esters is 1. The minimum absolute atomic E-state index is 0.326. The van der Waals surface area contributed by atoms with Crippen molar-refractivity contribution in [1.29, 1.82) is 0 Å². The van der Waals surface area contributed by atoms with Gasteiger partial charge in [-0.3, -0.25) is 4.98 Å². The fraction of sp³-hybridized carbons (Fsp3) is 0.444. The Morgan fingerprint density at radius 3 is 2.69 bits per heavy atom. The number of hydrogen-bond acceptors (Lipinski definition) is 4. The number of ether oxygens (including phenoxy) is 1. The SMILES string of the molecule is CCOC(=O)c1nccnc1CC. The van der Waals surface area contributed by atoms with Crippen LogP contribution >= 0.6 is 0 Å². The van der Waals surface area contributed by atoms with Gasteiger partial charge >= 0.3 is 5.97 Å². The van der Waals surface area contributed by atoms with Crippen molar-refractivity contribution in [3.63, 3.8) is 0 Å². The van der Waals surface area contributed by atoms with Crippen molar-refractivity contribution in [3.8, 4) is 0 Å². The molecule has 1 aromatic heterocycles. The van der Waals surface area contributed by atoms with Gasteiger partial charge in [-0.2, -0.15) is 0 Å². The zero-order valence-corrected chi connectivity index (χ0v) is 7.78. The summed E-state index contributed by atoms with van der Waals surface area (Å²) < 4.78 is 4.83. The Labute approximate surface area is 77.0 Å². The molecule has 0 aliphatic carbocycles. The molecule has 0 saturated carbocycles. The van der Waals surface area contributed by atoms with E-state index in [9.17, 15) is 4.79 Å². The lowest BCUT2D eigenvalue weighted by atomic mass is 10.2. The van der Waals surface area contributed by atoms with E-state index in [0.29, 0.717) is 24.4 Å². The molecule has 0 aromatic carbocycles. The number of rotatable bonds is 3. The summed E-state index contributed by atoms with van der Waals surface area (Å²) in [5.74, 6) is -0.396. The van der Waals surface area contributed by atoms with Crippen LogP contribution in [0.2, 0.25) is 0 Å². The quantitative estimate of drug-likeness (QED) is 0.656. The standard InChI is InChI=1S/C9H12N2O2/c1-3-7-8(9(12)13-4-2)11-6-5-10-7/h5-6H,3-4H2,1-2H3. The monoisotopic (exact) mass is 180 g/mol. The second-order valence-electron chi connectivity index (χ2n) is 2.43. The predicted molar refractivity (Wildman–Crippen MR) is 47.4 cm³/mol. The second kappa shape index (κ2) is 4.54. The van der Waals surface area contributed by atoms with Crippen molar-refractivity contribution in [3.05, 3.63) is 23.8 Å². The predicted octanol–water partition coefficient (Wildman–Crippen LogP) is 1.22. The van der Waals surface area contributed by atoms with Gasteiger partial charge in [0.05, 0.1) is 12.3 Å². The molecule has 1 rings (SSSR count). The van der Waals surface area contributed by atoms with Crippen LogP contribution in [0.25, 0.3) is 0 Å². The first-order valence-electron chi connectivity index (χ1n) is 4.26. The molecule has 0 saturated heterocycles. The van der Waals surface area contributed by atoms with Crippen LogP contribution in [-0.2, 0) is 11.2 Å². The van der Waals surface area contributed by atoms with Gasteiger partial charge in [0.25, 0.3) is 0 Å². The molecule has 0 aliphatic heterocycles. The van der Waals surface area contributed by atoms with Crippen LogP contribution in [0.15, 0.2) is 12.4 Å². The summed E-state index contributed by atoms with van der Waals surface area (Å²) in [6.07, 6.45) is 3.74. The van der Waals surface area contributed by atoms with Gasteiger partial charge in [0.1, 0.15) is 0 Å². The molecular weight excluding hydrogens is 168 g/mol. The summed E-state index contributed by atoms with van der Waals surface area (Å²) in [4.78, 5) is 19.3. The van der Waals surface area contributed by atoms with Crippen LogP contribution in [0.5, 0.6) is 0 Å². The van der Waals surface area contributed by atoms with Crippen molar-refractivity contribution < 1.29 is 9.53 Å². The summed E-state index contributed by atoms with van der Waals surface area (Å²) in [7, 11) is 0. The maximum absolute atomic E-state index is 11.3. The van der Waals surface area contributed by atoms with Crippen molar-refractivity contribution in [2.75, 3.05) is 6.61 Å². The Balaban J connectivity index is 2.92. The summed E-state index contributed by atoms with van der Waals surface area (Å²) in [5, 5.41) is 0. The molecule has 0 amide bonds. The van der Waals surface area contributed by atoms with Gasteiger partial charge in [0, 0.05) is 12.4 Å². The third kappa shape index (κ3) is 2.24. The maximum atomic E-state index is 11.3. The molecule has 1 heterocycles. The van der Waals surface area contributed by atoms with Crippen molar-refractivity contribution >= 4 is 5.97 Å². The third-order valence-corrected chi connectivity index (χ3v) is 1.58. The van der Waals surface area contributed by atoms with Gasteiger partial charge in [-0.15, -0.1) is 0 Å². The molecular formula is C9H12N2O2. The molecule has 0 aliphatic rings. The fourth-order valence-corrected chi connectivity index (χ4v) is 0.996. The van der Waals surface area contributed by atoms with Gasteiger partial charge < -0.3 is 4.74 Å². The second-order valence-corrected chi connectivity index (χ2v) is 2.43. The van der Waals surface area contributed by atoms with Crippen LogP contribution < -0.4 is 0 Å². The normalized spacial score (nSPS) is 9.69. The molecule has 0 bridgehead atoms. The number of aromatic nitrogens is 2. The van der Waals surface area contributed by atoms with E-state index in [1.165, 1.54) is 6.20 Å². The van der Waals surface area contributed by atoms with Crippen LogP contribution in [0.3, 0.4) is 0 Å². The summed E-state index contributed by atoms with van der Waals surface area (Å²) in [6.45, 7) is 4.05. The average molecular weight is 180 g/mol. The lowest BCUT2D eigenvalue weighted by Crippen LogP contribution is -2.11. The molecule has 0 unspecified atom stereocenters. The van der Waals surface area contributed by atoms with Gasteiger partial charge in [0.2, 0.25) is 0 Å². The number of hydrogen-bond donors (Lipinski definition) is 0. The minimum atomic E-state index is -0.396. The van der Waals surface area contributed by atoms with Crippen molar-refractivity contribution in [1.82, 2.24) is 9.97 Å². The summed E-state index contributed by atoms with van der Waals surface area (Å²) >= 11 is 0.